The highest BCUT2D eigenvalue weighted by molar-refractivity contribution is 6.35. The summed E-state index contributed by atoms with van der Waals surface area (Å²) in [5, 5.41) is 16.6. The molecule has 3 fully saturated rings. The van der Waals surface area contributed by atoms with Crippen LogP contribution in [0.1, 0.15) is 12.8 Å². The van der Waals surface area contributed by atoms with Crippen LogP contribution in [0.2, 0.25) is 5.02 Å². The monoisotopic (exact) mass is 532 g/mol. The van der Waals surface area contributed by atoms with E-state index in [4.69, 9.17) is 21.6 Å². The van der Waals surface area contributed by atoms with Crippen LogP contribution in [0.15, 0.2) is 42.5 Å². The number of fused-ring (bicyclic) bond motifs is 3. The molecule has 2 atom stereocenters. The number of aromatic hydroxyl groups is 1. The molecule has 7 rings (SSSR count). The van der Waals surface area contributed by atoms with Gasteiger partial charge in [0, 0.05) is 48.7 Å². The smallest absolute Gasteiger partial charge is 0.228 e. The third-order valence-corrected chi connectivity index (χ3v) is 8.80. The van der Waals surface area contributed by atoms with E-state index in [1.807, 2.05) is 30.3 Å². The Morgan fingerprint density at radius 1 is 1.08 bits per heavy atom. The second-order valence-corrected chi connectivity index (χ2v) is 11.3. The van der Waals surface area contributed by atoms with Crippen molar-refractivity contribution in [3.05, 3.63) is 53.3 Å². The van der Waals surface area contributed by atoms with Gasteiger partial charge in [-0.05, 0) is 68.0 Å². The first kappa shape index (κ1) is 23.9. The Morgan fingerprint density at radius 3 is 2.71 bits per heavy atom. The molecule has 0 radical (unpaired) electrons. The third-order valence-electron chi connectivity index (χ3n) is 8.51. The van der Waals surface area contributed by atoms with E-state index in [1.54, 1.807) is 12.1 Å². The number of nitrogens with one attached hydrogen (secondary N) is 1. The molecule has 0 spiro atoms. The number of hydrogen-bond donors (Lipinski definition) is 2. The summed E-state index contributed by atoms with van der Waals surface area (Å²) in [6.45, 7) is 3.42. The van der Waals surface area contributed by atoms with Gasteiger partial charge in [-0.25, -0.2) is 9.37 Å². The molecule has 4 heterocycles. The number of rotatable bonds is 4. The van der Waals surface area contributed by atoms with Crippen molar-refractivity contribution in [2.24, 2.45) is 0 Å². The molecule has 2 N–H and O–H groups in total. The predicted octanol–water partition coefficient (Wildman–Crippen LogP) is 4.64. The fourth-order valence-corrected chi connectivity index (χ4v) is 6.64. The second kappa shape index (κ2) is 8.93. The largest absolute Gasteiger partial charge is 0.508 e. The molecule has 0 unspecified atom stereocenters. The summed E-state index contributed by atoms with van der Waals surface area (Å²) in [6.07, 6.45) is 2.06. The van der Waals surface area contributed by atoms with Gasteiger partial charge in [0.1, 0.15) is 17.1 Å². The topological polar surface area (TPSA) is 67.8 Å². The quantitative estimate of drug-likeness (QED) is 0.397. The first-order valence-electron chi connectivity index (χ1n) is 13.2. The van der Waals surface area contributed by atoms with E-state index >= 15 is 4.39 Å². The Balaban J connectivity index is 1.44. The van der Waals surface area contributed by atoms with Crippen molar-refractivity contribution in [1.29, 1.82) is 0 Å². The van der Waals surface area contributed by atoms with Crippen molar-refractivity contribution < 1.29 is 9.50 Å². The lowest BCUT2D eigenvalue weighted by atomic mass is 9.96. The lowest BCUT2D eigenvalue weighted by Gasteiger charge is -2.43. The van der Waals surface area contributed by atoms with Crippen LogP contribution in [0.3, 0.4) is 0 Å². The molecule has 0 amide bonds. The van der Waals surface area contributed by atoms with Crippen molar-refractivity contribution in [3.8, 4) is 16.9 Å². The number of nitrogens with zero attached hydrogens (tertiary/aromatic N) is 5. The van der Waals surface area contributed by atoms with Gasteiger partial charge >= 0.3 is 0 Å². The number of halogens is 2. The number of aromatic nitrogens is 2. The summed E-state index contributed by atoms with van der Waals surface area (Å²) in [6, 6.07) is 13.8. The zero-order valence-electron chi connectivity index (χ0n) is 21.5. The van der Waals surface area contributed by atoms with Crippen LogP contribution in [-0.4, -0.2) is 78.4 Å². The Labute approximate surface area is 225 Å². The molecular formula is C29H30ClFN6O. The number of anilines is 2. The Kier molecular flexibility index (Phi) is 5.61. The summed E-state index contributed by atoms with van der Waals surface area (Å²) < 4.78 is 16.7. The van der Waals surface area contributed by atoms with Gasteiger partial charge in [0.15, 0.2) is 5.82 Å². The summed E-state index contributed by atoms with van der Waals surface area (Å²) in [4.78, 5) is 16.5. The average molecular weight is 533 g/mol. The van der Waals surface area contributed by atoms with Gasteiger partial charge in [-0.3, -0.25) is 0 Å². The van der Waals surface area contributed by atoms with E-state index < -0.39 is 5.82 Å². The minimum Gasteiger partial charge on any atom is -0.508 e. The Morgan fingerprint density at radius 2 is 1.89 bits per heavy atom. The Bertz CT molecular complexity index is 1570. The molecule has 1 aromatic heterocycles. The van der Waals surface area contributed by atoms with E-state index in [-0.39, 0.29) is 21.9 Å². The van der Waals surface area contributed by atoms with E-state index in [1.165, 1.54) is 0 Å². The van der Waals surface area contributed by atoms with Crippen LogP contribution < -0.4 is 15.1 Å². The van der Waals surface area contributed by atoms with Crippen LogP contribution in [0.4, 0.5) is 16.2 Å². The number of hydrogen-bond acceptors (Lipinski definition) is 7. The van der Waals surface area contributed by atoms with E-state index in [9.17, 15) is 5.11 Å². The van der Waals surface area contributed by atoms with Crippen molar-refractivity contribution in [2.75, 3.05) is 50.1 Å². The summed E-state index contributed by atoms with van der Waals surface area (Å²) in [5.41, 5.74) is 1.06. The zero-order valence-corrected chi connectivity index (χ0v) is 22.2. The minimum atomic E-state index is -0.488. The fourth-order valence-electron chi connectivity index (χ4n) is 6.35. The lowest BCUT2D eigenvalue weighted by Crippen LogP contribution is -2.58. The van der Waals surface area contributed by atoms with Crippen molar-refractivity contribution in [2.45, 2.75) is 31.0 Å². The summed E-state index contributed by atoms with van der Waals surface area (Å²) in [7, 11) is 4.14. The molecule has 0 aliphatic carbocycles. The van der Waals surface area contributed by atoms with Gasteiger partial charge in [-0.2, -0.15) is 4.98 Å². The highest BCUT2D eigenvalue weighted by Crippen LogP contribution is 2.44. The van der Waals surface area contributed by atoms with Gasteiger partial charge in [-0.15, -0.1) is 0 Å². The van der Waals surface area contributed by atoms with Gasteiger partial charge in [0.05, 0.1) is 5.02 Å². The summed E-state index contributed by atoms with van der Waals surface area (Å²) in [5.74, 6) is 0.874. The maximum absolute atomic E-state index is 16.7. The van der Waals surface area contributed by atoms with Crippen LogP contribution in [0.5, 0.6) is 5.75 Å². The van der Waals surface area contributed by atoms with E-state index in [0.29, 0.717) is 35.0 Å². The van der Waals surface area contributed by atoms with Gasteiger partial charge < -0.3 is 25.1 Å². The van der Waals surface area contributed by atoms with Gasteiger partial charge in [0.2, 0.25) is 5.95 Å². The molecule has 0 bridgehead atoms. The maximum atomic E-state index is 16.7. The molecule has 3 aromatic carbocycles. The first-order valence-corrected chi connectivity index (χ1v) is 13.6. The predicted molar refractivity (Wildman–Crippen MR) is 151 cm³/mol. The molecule has 3 aliphatic rings. The maximum Gasteiger partial charge on any atom is 0.228 e. The molecule has 196 valence electrons. The standard InChI is InChI=1S/C29H30ClFN6O/c1-35(2)17-14-36(15-17)29-33-27-21(28(34-29)37-10-8-23-24(37)7-9-32-23)13-22(30)25(26(27)31)20-12-18(38)11-16-5-3-4-6-19(16)20/h3-6,11-13,17,23-24,32,38H,7-10,14-15H2,1-2H3/t23-,24-/m1/s1. The number of benzene rings is 3. The first-order chi connectivity index (χ1) is 18.4. The highest BCUT2D eigenvalue weighted by Gasteiger charge is 2.40. The summed E-state index contributed by atoms with van der Waals surface area (Å²) >= 11 is 6.86. The minimum absolute atomic E-state index is 0.0606. The third kappa shape index (κ3) is 3.69. The highest BCUT2D eigenvalue weighted by atomic mass is 35.5. The second-order valence-electron chi connectivity index (χ2n) is 10.9. The Hall–Kier alpha value is -3.20. The number of phenolic OH excluding ortho intramolecular Hbond substituents is 1. The molecule has 38 heavy (non-hydrogen) atoms. The number of likely N-dealkylation sites (N-methyl/N-ethyl adjacent to an activating group) is 1. The molecular weight excluding hydrogens is 503 g/mol. The lowest BCUT2D eigenvalue weighted by molar-refractivity contribution is 0.245. The van der Waals surface area contributed by atoms with Crippen molar-refractivity contribution in [3.63, 3.8) is 0 Å². The van der Waals surface area contributed by atoms with Crippen LogP contribution in [0.25, 0.3) is 32.8 Å². The molecule has 0 saturated carbocycles. The van der Waals surface area contributed by atoms with Gasteiger partial charge in [0.25, 0.3) is 0 Å². The van der Waals surface area contributed by atoms with Crippen molar-refractivity contribution >= 4 is 45.0 Å². The van der Waals surface area contributed by atoms with E-state index in [2.05, 4.69) is 34.1 Å². The van der Waals surface area contributed by atoms with Crippen molar-refractivity contribution in [1.82, 2.24) is 20.2 Å². The zero-order chi connectivity index (χ0) is 26.1. The SMILES string of the molecule is CN(C)C1CN(c2nc(N3CC[C@H]4NCC[C@H]43)c3cc(Cl)c(-c4cc(O)cc5ccccc45)c(F)c3n2)C1. The molecule has 3 saturated heterocycles. The van der Waals surface area contributed by atoms with Crippen LogP contribution >= 0.6 is 11.6 Å². The fraction of sp³-hybridized carbons (Fsp3) is 0.379. The van der Waals surface area contributed by atoms with Crippen LogP contribution in [0, 0.1) is 5.82 Å². The van der Waals surface area contributed by atoms with Gasteiger partial charge in [-0.1, -0.05) is 35.9 Å². The van der Waals surface area contributed by atoms with Crippen LogP contribution in [-0.2, 0) is 0 Å². The number of phenols is 1. The average Bonchev–Trinajstić information content (AvgIpc) is 3.47. The molecule has 3 aliphatic heterocycles. The molecule has 4 aromatic rings. The molecule has 9 heteroatoms. The molecule has 7 nitrogen and oxygen atoms in total. The van der Waals surface area contributed by atoms with E-state index in [0.717, 1.165) is 55.6 Å². The normalized spacial score (nSPS) is 21.6.